The number of carbonyl (C=O) groups is 1. The lowest BCUT2D eigenvalue weighted by molar-refractivity contribution is 0.0935. The predicted octanol–water partition coefficient (Wildman–Crippen LogP) is 3.16. The van der Waals surface area contributed by atoms with E-state index >= 15 is 0 Å². The second-order valence-electron chi connectivity index (χ2n) is 4.86. The number of nitrogens with zero attached hydrogens (tertiary/aromatic N) is 2. The minimum absolute atomic E-state index is 0.115. The molecule has 112 valence electrons. The second-order valence-corrected chi connectivity index (χ2v) is 6.13. The fourth-order valence-corrected chi connectivity index (χ4v) is 2.58. The minimum atomic E-state index is -0.183. The van der Waals surface area contributed by atoms with Crippen LogP contribution in [0.1, 0.15) is 46.7 Å². The maximum absolute atomic E-state index is 12.1. The molecule has 0 bridgehead atoms. The van der Waals surface area contributed by atoms with Crippen LogP contribution < -0.4 is 10.6 Å². The van der Waals surface area contributed by atoms with Crippen LogP contribution in [0.2, 0.25) is 0 Å². The van der Waals surface area contributed by atoms with Crippen LogP contribution in [0.3, 0.4) is 0 Å². The molecule has 0 saturated heterocycles. The number of thiazole rings is 1. The first-order chi connectivity index (χ1) is 10.1. The van der Waals surface area contributed by atoms with Gasteiger partial charge in [-0.2, -0.15) is 0 Å². The third kappa shape index (κ3) is 4.26. The first-order valence-corrected chi connectivity index (χ1v) is 7.85. The number of aryl methyl sites for hydroxylation is 1. The highest BCUT2D eigenvalue weighted by molar-refractivity contribution is 7.11. The van der Waals surface area contributed by atoms with Gasteiger partial charge in [0.2, 0.25) is 0 Å². The molecular formula is C15H20N4OS. The van der Waals surface area contributed by atoms with Crippen molar-refractivity contribution in [3.63, 3.8) is 0 Å². The fraction of sp³-hybridized carbons (Fsp3) is 0.400. The third-order valence-corrected chi connectivity index (χ3v) is 4.03. The molecule has 5 nitrogen and oxygen atoms in total. The molecule has 0 aromatic carbocycles. The van der Waals surface area contributed by atoms with Crippen molar-refractivity contribution in [3.8, 4) is 0 Å². The molecular weight excluding hydrogens is 284 g/mol. The van der Waals surface area contributed by atoms with Gasteiger partial charge in [0.15, 0.2) is 0 Å². The summed E-state index contributed by atoms with van der Waals surface area (Å²) in [5, 5.41) is 7.05. The standard InChI is InChI=1S/C15H20N4OS/c1-4-7-16-12-5-6-13(17-9-12)14(20)19-11(3)15-18-8-10(2)21-15/h5-6,8-9,11,16H,4,7H2,1-3H3,(H,19,20). The summed E-state index contributed by atoms with van der Waals surface area (Å²) in [5.74, 6) is -0.183. The van der Waals surface area contributed by atoms with Crippen LogP contribution in [-0.2, 0) is 0 Å². The number of aromatic nitrogens is 2. The molecule has 0 aliphatic rings. The van der Waals surface area contributed by atoms with E-state index in [2.05, 4.69) is 27.5 Å². The number of pyridine rings is 1. The van der Waals surface area contributed by atoms with Gasteiger partial charge in [0, 0.05) is 17.6 Å². The highest BCUT2D eigenvalue weighted by atomic mass is 32.1. The summed E-state index contributed by atoms with van der Waals surface area (Å²) >= 11 is 1.59. The highest BCUT2D eigenvalue weighted by Crippen LogP contribution is 2.19. The number of amides is 1. The Labute approximate surface area is 128 Å². The smallest absolute Gasteiger partial charge is 0.270 e. The average molecular weight is 304 g/mol. The summed E-state index contributed by atoms with van der Waals surface area (Å²) < 4.78 is 0. The lowest BCUT2D eigenvalue weighted by atomic mass is 10.3. The Balaban J connectivity index is 1.96. The lowest BCUT2D eigenvalue weighted by Gasteiger charge is -2.11. The molecule has 0 spiro atoms. The Hall–Kier alpha value is -1.95. The van der Waals surface area contributed by atoms with Gasteiger partial charge < -0.3 is 10.6 Å². The third-order valence-electron chi connectivity index (χ3n) is 2.93. The first kappa shape index (κ1) is 15.4. The largest absolute Gasteiger partial charge is 0.384 e. The molecule has 2 aromatic rings. The summed E-state index contributed by atoms with van der Waals surface area (Å²) in [4.78, 5) is 21.8. The second kappa shape index (κ2) is 7.17. The van der Waals surface area contributed by atoms with Crippen LogP contribution in [0.15, 0.2) is 24.5 Å². The Morgan fingerprint density at radius 1 is 1.33 bits per heavy atom. The van der Waals surface area contributed by atoms with E-state index in [1.807, 2.05) is 26.1 Å². The van der Waals surface area contributed by atoms with Crippen LogP contribution in [0.4, 0.5) is 5.69 Å². The number of hydrogen-bond acceptors (Lipinski definition) is 5. The zero-order valence-electron chi connectivity index (χ0n) is 12.5. The maximum atomic E-state index is 12.1. The summed E-state index contributed by atoms with van der Waals surface area (Å²) in [5.41, 5.74) is 1.34. The number of rotatable bonds is 6. The summed E-state index contributed by atoms with van der Waals surface area (Å²) in [6.07, 6.45) is 4.55. The zero-order chi connectivity index (χ0) is 15.2. The number of anilines is 1. The van der Waals surface area contributed by atoms with E-state index < -0.39 is 0 Å². The zero-order valence-corrected chi connectivity index (χ0v) is 13.3. The Morgan fingerprint density at radius 3 is 2.71 bits per heavy atom. The average Bonchev–Trinajstić information content (AvgIpc) is 2.92. The van der Waals surface area contributed by atoms with Crippen LogP contribution >= 0.6 is 11.3 Å². The van der Waals surface area contributed by atoms with E-state index in [1.54, 1.807) is 23.6 Å². The van der Waals surface area contributed by atoms with Crippen LogP contribution in [-0.4, -0.2) is 22.4 Å². The van der Waals surface area contributed by atoms with Crippen molar-refractivity contribution in [2.45, 2.75) is 33.2 Å². The number of nitrogens with one attached hydrogen (secondary N) is 2. The van der Waals surface area contributed by atoms with Crippen LogP contribution in [0.25, 0.3) is 0 Å². The monoisotopic (exact) mass is 304 g/mol. The van der Waals surface area contributed by atoms with Crippen molar-refractivity contribution in [1.82, 2.24) is 15.3 Å². The molecule has 21 heavy (non-hydrogen) atoms. The van der Waals surface area contributed by atoms with E-state index in [9.17, 15) is 4.79 Å². The number of carbonyl (C=O) groups excluding carboxylic acids is 1. The van der Waals surface area contributed by atoms with Crippen molar-refractivity contribution < 1.29 is 4.79 Å². The maximum Gasteiger partial charge on any atom is 0.270 e. The Bertz CT molecular complexity index is 594. The molecule has 0 aliphatic heterocycles. The molecule has 2 heterocycles. The van der Waals surface area contributed by atoms with Gasteiger partial charge in [-0.3, -0.25) is 4.79 Å². The molecule has 0 fully saturated rings. The molecule has 0 aliphatic carbocycles. The van der Waals surface area contributed by atoms with Gasteiger partial charge in [-0.1, -0.05) is 6.92 Å². The van der Waals surface area contributed by atoms with Gasteiger partial charge in [-0.05, 0) is 32.4 Å². The Kier molecular flexibility index (Phi) is 5.27. The van der Waals surface area contributed by atoms with Gasteiger partial charge >= 0.3 is 0 Å². The van der Waals surface area contributed by atoms with Crippen molar-refractivity contribution in [1.29, 1.82) is 0 Å². The van der Waals surface area contributed by atoms with Gasteiger partial charge in [0.05, 0.1) is 17.9 Å². The van der Waals surface area contributed by atoms with Crippen molar-refractivity contribution in [2.75, 3.05) is 11.9 Å². The minimum Gasteiger partial charge on any atom is -0.384 e. The molecule has 1 unspecified atom stereocenters. The van der Waals surface area contributed by atoms with Gasteiger partial charge in [0.1, 0.15) is 10.7 Å². The molecule has 2 rings (SSSR count). The van der Waals surface area contributed by atoms with Crippen molar-refractivity contribution in [3.05, 3.63) is 40.1 Å². The fourth-order valence-electron chi connectivity index (χ4n) is 1.81. The van der Waals surface area contributed by atoms with Gasteiger partial charge in [0.25, 0.3) is 5.91 Å². The SMILES string of the molecule is CCCNc1ccc(C(=O)NC(C)c2ncc(C)s2)nc1. The molecule has 2 aromatic heterocycles. The molecule has 1 atom stereocenters. The topological polar surface area (TPSA) is 66.9 Å². The molecule has 0 radical (unpaired) electrons. The number of hydrogen-bond donors (Lipinski definition) is 2. The van der Waals surface area contributed by atoms with Crippen molar-refractivity contribution >= 4 is 22.9 Å². The van der Waals surface area contributed by atoms with Crippen LogP contribution in [0.5, 0.6) is 0 Å². The van der Waals surface area contributed by atoms with E-state index in [4.69, 9.17) is 0 Å². The first-order valence-electron chi connectivity index (χ1n) is 7.03. The van der Waals surface area contributed by atoms with E-state index in [1.165, 1.54) is 0 Å². The van der Waals surface area contributed by atoms with E-state index in [0.29, 0.717) is 5.69 Å². The Morgan fingerprint density at radius 2 is 2.14 bits per heavy atom. The molecule has 1 amide bonds. The predicted molar refractivity (Wildman–Crippen MR) is 85.7 cm³/mol. The van der Waals surface area contributed by atoms with E-state index in [0.717, 1.165) is 28.5 Å². The van der Waals surface area contributed by atoms with E-state index in [-0.39, 0.29) is 11.9 Å². The van der Waals surface area contributed by atoms with Gasteiger partial charge in [-0.25, -0.2) is 9.97 Å². The normalized spacial score (nSPS) is 12.0. The molecule has 6 heteroatoms. The molecule has 0 saturated carbocycles. The van der Waals surface area contributed by atoms with Crippen molar-refractivity contribution in [2.24, 2.45) is 0 Å². The highest BCUT2D eigenvalue weighted by Gasteiger charge is 2.14. The summed E-state index contributed by atoms with van der Waals surface area (Å²) in [6.45, 7) is 6.92. The van der Waals surface area contributed by atoms with Crippen LogP contribution in [0, 0.1) is 6.92 Å². The van der Waals surface area contributed by atoms with Gasteiger partial charge in [-0.15, -0.1) is 11.3 Å². The molecule has 2 N–H and O–H groups in total. The lowest BCUT2D eigenvalue weighted by Crippen LogP contribution is -2.27. The quantitative estimate of drug-likeness (QED) is 0.860. The summed E-state index contributed by atoms with van der Waals surface area (Å²) in [6, 6.07) is 3.49. The summed E-state index contributed by atoms with van der Waals surface area (Å²) in [7, 11) is 0.